The van der Waals surface area contributed by atoms with Crippen LogP contribution in [0.4, 0.5) is 0 Å². The summed E-state index contributed by atoms with van der Waals surface area (Å²) in [7, 11) is 0. The number of ether oxygens (including phenoxy) is 1. The van der Waals surface area contributed by atoms with Gasteiger partial charge in [-0.25, -0.2) is 4.98 Å². The number of nitriles is 1. The van der Waals surface area contributed by atoms with Gasteiger partial charge in [0.25, 0.3) is 0 Å². The third-order valence-corrected chi connectivity index (χ3v) is 2.22. The van der Waals surface area contributed by atoms with Crippen LogP contribution in [0.5, 0.6) is 11.5 Å². The van der Waals surface area contributed by atoms with Crippen molar-refractivity contribution in [1.82, 2.24) is 4.98 Å². The monoisotopic (exact) mass is 230 g/mol. The first-order valence-corrected chi connectivity index (χ1v) is 4.96. The molecule has 3 nitrogen and oxygen atoms in total. The van der Waals surface area contributed by atoms with E-state index in [1.807, 2.05) is 6.07 Å². The summed E-state index contributed by atoms with van der Waals surface area (Å²) in [5, 5.41) is 8.95. The Labute approximate surface area is 97.9 Å². The Bertz CT molecular complexity index is 531. The Kier molecular flexibility index (Phi) is 3.04. The highest BCUT2D eigenvalue weighted by Gasteiger charge is 2.02. The minimum Gasteiger partial charge on any atom is -0.454 e. The van der Waals surface area contributed by atoms with Gasteiger partial charge in [-0.15, -0.1) is 0 Å². The van der Waals surface area contributed by atoms with Crippen molar-refractivity contribution in [2.75, 3.05) is 0 Å². The van der Waals surface area contributed by atoms with E-state index in [2.05, 4.69) is 4.98 Å². The summed E-state index contributed by atoms with van der Waals surface area (Å²) >= 11 is 5.84. The predicted molar refractivity (Wildman–Crippen MR) is 60.5 cm³/mol. The van der Waals surface area contributed by atoms with E-state index in [4.69, 9.17) is 21.6 Å². The van der Waals surface area contributed by atoms with Gasteiger partial charge in [0.05, 0.1) is 11.6 Å². The molecule has 0 aliphatic heterocycles. The fourth-order valence-electron chi connectivity index (χ4n) is 1.17. The lowest BCUT2D eigenvalue weighted by Gasteiger charge is -2.05. The third kappa shape index (κ3) is 2.30. The molecule has 1 heterocycles. The summed E-state index contributed by atoms with van der Waals surface area (Å²) in [6.45, 7) is 0. The molecule has 1 aromatic carbocycles. The average Bonchev–Trinajstić information content (AvgIpc) is 2.33. The number of rotatable bonds is 2. The molecule has 0 saturated carbocycles. The standard InChI is InChI=1S/C12H7ClN2O/c13-12-11(2-1-7-15-12)16-10-5-3-9(8-14)4-6-10/h1-7H. The minimum atomic E-state index is 0.312. The smallest absolute Gasteiger partial charge is 0.171 e. The van der Waals surface area contributed by atoms with Crippen LogP contribution in [-0.4, -0.2) is 4.98 Å². The molecule has 16 heavy (non-hydrogen) atoms. The van der Waals surface area contributed by atoms with E-state index in [0.29, 0.717) is 22.2 Å². The van der Waals surface area contributed by atoms with Crippen LogP contribution < -0.4 is 4.74 Å². The van der Waals surface area contributed by atoms with E-state index in [1.165, 1.54) is 0 Å². The topological polar surface area (TPSA) is 45.9 Å². The summed E-state index contributed by atoms with van der Waals surface area (Å²) in [4.78, 5) is 3.90. The van der Waals surface area contributed by atoms with Gasteiger partial charge in [0.2, 0.25) is 0 Å². The van der Waals surface area contributed by atoms with Gasteiger partial charge in [-0.3, -0.25) is 0 Å². The van der Waals surface area contributed by atoms with Gasteiger partial charge >= 0.3 is 0 Å². The van der Waals surface area contributed by atoms with E-state index in [1.54, 1.807) is 42.6 Å². The lowest BCUT2D eigenvalue weighted by molar-refractivity contribution is 0.480. The largest absolute Gasteiger partial charge is 0.454 e. The second-order valence-electron chi connectivity index (χ2n) is 3.03. The Morgan fingerprint density at radius 2 is 1.94 bits per heavy atom. The van der Waals surface area contributed by atoms with Crippen molar-refractivity contribution in [1.29, 1.82) is 5.26 Å². The summed E-state index contributed by atoms with van der Waals surface area (Å²) in [6.07, 6.45) is 1.59. The molecule has 0 amide bonds. The maximum Gasteiger partial charge on any atom is 0.171 e. The van der Waals surface area contributed by atoms with Crippen LogP contribution in [0.1, 0.15) is 5.56 Å². The zero-order valence-corrected chi connectivity index (χ0v) is 8.98. The maximum atomic E-state index is 8.64. The van der Waals surface area contributed by atoms with Gasteiger partial charge in [-0.2, -0.15) is 5.26 Å². The van der Waals surface area contributed by atoms with Crippen LogP contribution in [0.3, 0.4) is 0 Å². The molecule has 0 radical (unpaired) electrons. The lowest BCUT2D eigenvalue weighted by Crippen LogP contribution is -1.86. The minimum absolute atomic E-state index is 0.312. The number of pyridine rings is 1. The molecular weight excluding hydrogens is 224 g/mol. The maximum absolute atomic E-state index is 8.64. The second-order valence-corrected chi connectivity index (χ2v) is 3.39. The third-order valence-electron chi connectivity index (χ3n) is 1.94. The Hall–Kier alpha value is -2.05. The van der Waals surface area contributed by atoms with Crippen molar-refractivity contribution in [3.05, 3.63) is 53.3 Å². The highest BCUT2D eigenvalue weighted by molar-refractivity contribution is 6.30. The molecule has 0 bridgehead atoms. The number of nitrogens with zero attached hydrogens (tertiary/aromatic N) is 2. The van der Waals surface area contributed by atoms with Crippen molar-refractivity contribution in [3.63, 3.8) is 0 Å². The van der Waals surface area contributed by atoms with E-state index in [9.17, 15) is 0 Å². The summed E-state index contributed by atoms with van der Waals surface area (Å²) < 4.78 is 5.50. The van der Waals surface area contributed by atoms with E-state index < -0.39 is 0 Å². The van der Waals surface area contributed by atoms with Gasteiger partial charge < -0.3 is 4.74 Å². The van der Waals surface area contributed by atoms with Gasteiger partial charge in [0, 0.05) is 6.20 Å². The SMILES string of the molecule is N#Cc1ccc(Oc2cccnc2Cl)cc1. The van der Waals surface area contributed by atoms with Crippen LogP contribution in [0, 0.1) is 11.3 Å². The van der Waals surface area contributed by atoms with Gasteiger partial charge in [-0.1, -0.05) is 11.6 Å². The van der Waals surface area contributed by atoms with Crippen molar-refractivity contribution < 1.29 is 4.74 Å². The van der Waals surface area contributed by atoms with Crippen LogP contribution in [-0.2, 0) is 0 Å². The van der Waals surface area contributed by atoms with Crippen LogP contribution in [0.2, 0.25) is 5.15 Å². The molecule has 4 heteroatoms. The van der Waals surface area contributed by atoms with Gasteiger partial charge in [-0.05, 0) is 36.4 Å². The van der Waals surface area contributed by atoms with Crippen LogP contribution in [0.15, 0.2) is 42.6 Å². The summed E-state index contributed by atoms with van der Waals surface area (Å²) in [5.41, 5.74) is 0.588. The number of hydrogen-bond donors (Lipinski definition) is 0. The lowest BCUT2D eigenvalue weighted by atomic mass is 10.2. The van der Waals surface area contributed by atoms with Crippen LogP contribution >= 0.6 is 11.6 Å². The predicted octanol–water partition coefficient (Wildman–Crippen LogP) is 3.40. The Morgan fingerprint density at radius 1 is 1.19 bits per heavy atom. The molecule has 0 saturated heterocycles. The number of aromatic nitrogens is 1. The number of benzene rings is 1. The fourth-order valence-corrected chi connectivity index (χ4v) is 1.33. The molecule has 0 N–H and O–H groups in total. The van der Waals surface area contributed by atoms with Crippen molar-refractivity contribution in [2.24, 2.45) is 0 Å². The molecule has 1 aromatic heterocycles. The van der Waals surface area contributed by atoms with Crippen molar-refractivity contribution in [3.8, 4) is 17.6 Å². The summed E-state index contributed by atoms with van der Waals surface area (Å²) in [6, 6.07) is 12.3. The molecule has 0 aliphatic carbocycles. The number of hydrogen-bond acceptors (Lipinski definition) is 3. The van der Waals surface area contributed by atoms with E-state index in [0.717, 1.165) is 0 Å². The van der Waals surface area contributed by atoms with E-state index in [-0.39, 0.29) is 0 Å². The second kappa shape index (κ2) is 4.65. The Morgan fingerprint density at radius 3 is 2.56 bits per heavy atom. The zero-order chi connectivity index (χ0) is 11.4. The quantitative estimate of drug-likeness (QED) is 0.743. The van der Waals surface area contributed by atoms with Gasteiger partial charge in [0.1, 0.15) is 5.75 Å². The molecule has 2 aromatic rings. The normalized spacial score (nSPS) is 9.50. The van der Waals surface area contributed by atoms with Crippen molar-refractivity contribution >= 4 is 11.6 Å². The number of halogens is 1. The molecule has 0 fully saturated rings. The first kappa shape index (κ1) is 10.5. The molecule has 78 valence electrons. The first-order valence-electron chi connectivity index (χ1n) is 4.58. The first-order chi connectivity index (χ1) is 7.79. The molecule has 0 atom stereocenters. The van der Waals surface area contributed by atoms with Gasteiger partial charge in [0.15, 0.2) is 10.9 Å². The highest BCUT2D eigenvalue weighted by atomic mass is 35.5. The molecule has 0 unspecified atom stereocenters. The average molecular weight is 231 g/mol. The van der Waals surface area contributed by atoms with Crippen LogP contribution in [0.25, 0.3) is 0 Å². The van der Waals surface area contributed by atoms with Crippen molar-refractivity contribution in [2.45, 2.75) is 0 Å². The Balaban J connectivity index is 2.22. The van der Waals surface area contributed by atoms with E-state index >= 15 is 0 Å². The summed E-state index contributed by atoms with van der Waals surface area (Å²) in [5.74, 6) is 1.11. The zero-order valence-electron chi connectivity index (χ0n) is 8.22. The molecule has 0 aliphatic rings. The molecular formula is C12H7ClN2O. The molecule has 0 spiro atoms. The highest BCUT2D eigenvalue weighted by Crippen LogP contribution is 2.26. The molecule has 2 rings (SSSR count). The fraction of sp³-hybridized carbons (Fsp3) is 0.